The van der Waals surface area contributed by atoms with Crippen LogP contribution in [0.25, 0.3) is 0 Å². The van der Waals surface area contributed by atoms with Crippen molar-refractivity contribution in [1.29, 1.82) is 0 Å². The SMILES string of the molecule is CC(CCC(OC1OC(COC2OC(CO)C(O)C(O)C2O)C(O)C(O)C1OC1OC(CO)C(O)C(O)C1O)C(C)(C)C)C1CCC2(C)C3CC=C4C(CCC(C)C4(C)C)C3(C)CCC12C. The average Bonchev–Trinajstić information content (AvgIpc) is 3.54. The molecule has 7 rings (SSSR count). The minimum atomic E-state index is -1.82. The number of aliphatic hydroxyl groups excluding tert-OH is 10. The summed E-state index contributed by atoms with van der Waals surface area (Å²) in [6.45, 7) is 21.7. The predicted octanol–water partition coefficient (Wildman–Crippen LogP) is 2.52. The quantitative estimate of drug-likeness (QED) is 0.119. The van der Waals surface area contributed by atoms with Gasteiger partial charge in [-0.1, -0.05) is 80.9 Å². The molecule has 0 aromatic carbocycles. The Morgan fingerprint density at radius 2 is 1.24 bits per heavy atom. The fourth-order valence-electron chi connectivity index (χ4n) is 14.3. The zero-order valence-corrected chi connectivity index (χ0v) is 41.1. The number of fused-ring (bicyclic) bond motifs is 5. The molecule has 0 aromatic heterocycles. The van der Waals surface area contributed by atoms with E-state index in [1.807, 2.05) is 20.8 Å². The molecule has 24 atom stereocenters. The molecule has 382 valence electrons. The van der Waals surface area contributed by atoms with E-state index in [1.165, 1.54) is 32.1 Å². The van der Waals surface area contributed by atoms with Gasteiger partial charge in [-0.3, -0.25) is 0 Å². The lowest BCUT2D eigenvalue weighted by molar-refractivity contribution is -0.379. The van der Waals surface area contributed by atoms with Gasteiger partial charge in [0.05, 0.1) is 25.9 Å². The molecule has 0 aromatic rings. The van der Waals surface area contributed by atoms with Crippen LogP contribution < -0.4 is 0 Å². The van der Waals surface area contributed by atoms with Crippen molar-refractivity contribution in [3.05, 3.63) is 11.6 Å². The largest absolute Gasteiger partial charge is 0.394 e. The zero-order chi connectivity index (χ0) is 48.6. The lowest BCUT2D eigenvalue weighted by Gasteiger charge is -2.66. The van der Waals surface area contributed by atoms with E-state index in [9.17, 15) is 51.1 Å². The van der Waals surface area contributed by atoms with Crippen molar-refractivity contribution in [1.82, 2.24) is 0 Å². The molecule has 0 spiro atoms. The molecule has 0 radical (unpaired) electrons. The molecule has 3 heterocycles. The molecule has 4 aliphatic carbocycles. The first-order valence-corrected chi connectivity index (χ1v) is 25.0. The summed E-state index contributed by atoms with van der Waals surface area (Å²) in [5.74, 6) is 2.78. The third kappa shape index (κ3) is 9.15. The number of hydrogen-bond acceptors (Lipinski definition) is 16. The molecule has 0 amide bonds. The molecule has 7 aliphatic rings. The Bertz CT molecular complexity index is 1670. The van der Waals surface area contributed by atoms with Crippen LogP contribution in [-0.2, 0) is 28.4 Å². The minimum absolute atomic E-state index is 0.155. The second-order valence-corrected chi connectivity index (χ2v) is 24.1. The third-order valence-electron chi connectivity index (χ3n) is 19.3. The van der Waals surface area contributed by atoms with Crippen LogP contribution in [-0.4, -0.2) is 169 Å². The molecule has 0 bridgehead atoms. The van der Waals surface area contributed by atoms with Gasteiger partial charge >= 0.3 is 0 Å². The van der Waals surface area contributed by atoms with E-state index in [4.69, 9.17) is 28.4 Å². The maximum absolute atomic E-state index is 11.7. The molecule has 16 nitrogen and oxygen atoms in total. The van der Waals surface area contributed by atoms with Crippen LogP contribution in [0, 0.1) is 56.7 Å². The van der Waals surface area contributed by atoms with Crippen LogP contribution in [0.1, 0.15) is 127 Å². The van der Waals surface area contributed by atoms with Gasteiger partial charge in [-0.2, -0.15) is 0 Å². The van der Waals surface area contributed by atoms with Gasteiger partial charge < -0.3 is 79.5 Å². The van der Waals surface area contributed by atoms with E-state index in [1.54, 1.807) is 5.57 Å². The van der Waals surface area contributed by atoms with Crippen molar-refractivity contribution in [2.24, 2.45) is 56.7 Å². The van der Waals surface area contributed by atoms with Gasteiger partial charge in [-0.05, 0) is 114 Å². The number of aliphatic hydroxyl groups is 10. The van der Waals surface area contributed by atoms with E-state index in [0.717, 1.165) is 19.3 Å². The molecule has 6 fully saturated rings. The first-order valence-electron chi connectivity index (χ1n) is 25.0. The van der Waals surface area contributed by atoms with Gasteiger partial charge in [0.25, 0.3) is 0 Å². The van der Waals surface area contributed by atoms with E-state index in [0.29, 0.717) is 36.0 Å². The number of allylic oxidation sites excluding steroid dienone is 2. The Hall–Kier alpha value is -0.900. The molecular weight excluding hydrogens is 857 g/mol. The fourth-order valence-corrected chi connectivity index (χ4v) is 14.3. The van der Waals surface area contributed by atoms with Crippen molar-refractivity contribution in [3.63, 3.8) is 0 Å². The van der Waals surface area contributed by atoms with Crippen molar-refractivity contribution in [2.75, 3.05) is 19.8 Å². The van der Waals surface area contributed by atoms with E-state index in [-0.39, 0.29) is 21.7 Å². The minimum Gasteiger partial charge on any atom is -0.394 e. The standard InChI is InChI=1S/C50H86O16/c1-24(26-17-18-50(10)32-15-14-27-28(13-12-25(2)47(27,6)7)48(32,8)19-20-49(26,50)9)11-16-33(46(3,4)5)65-45-42(66-44-41(60)38(57)35(54)30(22-52)63-44)39(58)36(55)31(64-45)23-61-43-40(59)37(56)34(53)29(21-51)62-43/h14,24-26,28-45,51-60H,11-13,15-23H2,1-10H3. The van der Waals surface area contributed by atoms with Gasteiger partial charge in [0, 0.05) is 0 Å². The van der Waals surface area contributed by atoms with Crippen LogP contribution in [0.2, 0.25) is 0 Å². The van der Waals surface area contributed by atoms with Crippen molar-refractivity contribution >= 4 is 0 Å². The highest BCUT2D eigenvalue weighted by Crippen LogP contribution is 2.75. The maximum Gasteiger partial charge on any atom is 0.187 e. The smallest absolute Gasteiger partial charge is 0.187 e. The Labute approximate surface area is 392 Å². The van der Waals surface area contributed by atoms with Gasteiger partial charge in [-0.15, -0.1) is 0 Å². The van der Waals surface area contributed by atoms with Gasteiger partial charge in [0.2, 0.25) is 0 Å². The lowest BCUT2D eigenvalue weighted by Crippen LogP contribution is -2.65. The molecular formula is C50H86O16. The number of ether oxygens (including phenoxy) is 6. The zero-order valence-electron chi connectivity index (χ0n) is 41.1. The first kappa shape index (κ1) is 52.9. The van der Waals surface area contributed by atoms with Crippen LogP contribution in [0.4, 0.5) is 0 Å². The van der Waals surface area contributed by atoms with Gasteiger partial charge in [-0.25, -0.2) is 0 Å². The second-order valence-electron chi connectivity index (χ2n) is 24.1. The van der Waals surface area contributed by atoms with Gasteiger partial charge in [0.1, 0.15) is 73.2 Å². The highest BCUT2D eigenvalue weighted by Gasteiger charge is 2.67. The Morgan fingerprint density at radius 1 is 0.667 bits per heavy atom. The van der Waals surface area contributed by atoms with Crippen LogP contribution >= 0.6 is 0 Å². The summed E-state index contributed by atoms with van der Waals surface area (Å²) in [6, 6.07) is 0. The Kier molecular flexibility index (Phi) is 15.7. The number of hydrogen-bond donors (Lipinski definition) is 10. The van der Waals surface area contributed by atoms with Crippen molar-refractivity contribution in [3.8, 4) is 0 Å². The molecule has 3 saturated heterocycles. The van der Waals surface area contributed by atoms with Crippen LogP contribution in [0.5, 0.6) is 0 Å². The van der Waals surface area contributed by atoms with E-state index in [2.05, 4.69) is 54.5 Å². The fraction of sp³-hybridized carbons (Fsp3) is 0.960. The summed E-state index contributed by atoms with van der Waals surface area (Å²) >= 11 is 0. The van der Waals surface area contributed by atoms with Crippen molar-refractivity contribution in [2.45, 2.75) is 225 Å². The van der Waals surface area contributed by atoms with Crippen LogP contribution in [0.3, 0.4) is 0 Å². The molecule has 24 unspecified atom stereocenters. The monoisotopic (exact) mass is 943 g/mol. The van der Waals surface area contributed by atoms with E-state index < -0.39 is 123 Å². The Balaban J connectivity index is 1.09. The van der Waals surface area contributed by atoms with Crippen molar-refractivity contribution < 1.29 is 79.5 Å². The second kappa shape index (κ2) is 19.6. The molecule has 3 saturated carbocycles. The lowest BCUT2D eigenvalue weighted by atomic mass is 9.38. The Morgan fingerprint density at radius 3 is 1.85 bits per heavy atom. The average molecular weight is 943 g/mol. The molecule has 16 heteroatoms. The highest BCUT2D eigenvalue weighted by atomic mass is 16.8. The topological polar surface area (TPSA) is 258 Å². The van der Waals surface area contributed by atoms with Crippen LogP contribution in [0.15, 0.2) is 11.6 Å². The molecule has 10 N–H and O–H groups in total. The summed E-state index contributed by atoms with van der Waals surface area (Å²) in [7, 11) is 0. The summed E-state index contributed by atoms with van der Waals surface area (Å²) in [6.07, 6.45) is -11.8. The predicted molar refractivity (Wildman–Crippen MR) is 240 cm³/mol. The summed E-state index contributed by atoms with van der Waals surface area (Å²) < 4.78 is 36.2. The summed E-state index contributed by atoms with van der Waals surface area (Å²) in [5.41, 5.74) is 2.08. The summed E-state index contributed by atoms with van der Waals surface area (Å²) in [5, 5.41) is 106. The van der Waals surface area contributed by atoms with Gasteiger partial charge in [0.15, 0.2) is 18.9 Å². The highest BCUT2D eigenvalue weighted by molar-refractivity contribution is 5.29. The summed E-state index contributed by atoms with van der Waals surface area (Å²) in [4.78, 5) is 0. The van der Waals surface area contributed by atoms with E-state index >= 15 is 0 Å². The first-order chi connectivity index (χ1) is 30.8. The maximum atomic E-state index is 11.7. The molecule has 3 aliphatic heterocycles. The molecule has 66 heavy (non-hydrogen) atoms. The third-order valence-corrected chi connectivity index (χ3v) is 19.3. The normalized spacial score (nSPS) is 50.4. The number of rotatable bonds is 13.